The van der Waals surface area contributed by atoms with Crippen LogP contribution >= 0.6 is 0 Å². The predicted octanol–water partition coefficient (Wildman–Crippen LogP) is 1.15. The second-order valence-corrected chi connectivity index (χ2v) is 3.96. The van der Waals surface area contributed by atoms with Crippen LogP contribution in [0.2, 0.25) is 0 Å². The second-order valence-electron chi connectivity index (χ2n) is 3.96. The van der Waals surface area contributed by atoms with Gasteiger partial charge in [-0.1, -0.05) is 0 Å². The fraction of sp³-hybridized carbons (Fsp3) is 0.800. The van der Waals surface area contributed by atoms with E-state index in [1.54, 1.807) is 0 Å². The van der Waals surface area contributed by atoms with Crippen LogP contribution in [0.3, 0.4) is 0 Å². The lowest BCUT2D eigenvalue weighted by Gasteiger charge is -2.00. The lowest BCUT2D eigenvalue weighted by atomic mass is 10.4. The van der Waals surface area contributed by atoms with Crippen molar-refractivity contribution in [2.45, 2.75) is 38.3 Å². The van der Waals surface area contributed by atoms with Gasteiger partial charge in [0.2, 0.25) is 11.8 Å². The predicted molar refractivity (Wildman–Crippen MR) is 54.7 cm³/mol. The molecule has 2 rings (SSSR count). The van der Waals surface area contributed by atoms with Gasteiger partial charge >= 0.3 is 0 Å². The van der Waals surface area contributed by atoms with E-state index in [-0.39, 0.29) is 6.61 Å². The van der Waals surface area contributed by atoms with Crippen LogP contribution in [0.1, 0.15) is 24.6 Å². The third-order valence-corrected chi connectivity index (χ3v) is 2.33. The van der Waals surface area contributed by atoms with Crippen LogP contribution in [-0.4, -0.2) is 35.9 Å². The van der Waals surface area contributed by atoms with Crippen molar-refractivity contribution in [3.63, 3.8) is 0 Å². The highest BCUT2D eigenvalue weighted by atomic mass is 19.3. The van der Waals surface area contributed by atoms with E-state index >= 15 is 0 Å². The SMILES string of the molecule is FC(F)COCCc1nnc(CNC2CC2)o1. The summed E-state index contributed by atoms with van der Waals surface area (Å²) in [5.74, 6) is 0.952. The highest BCUT2D eigenvalue weighted by Crippen LogP contribution is 2.19. The number of hydrogen-bond acceptors (Lipinski definition) is 5. The quantitative estimate of drug-likeness (QED) is 0.698. The first-order valence-corrected chi connectivity index (χ1v) is 5.64. The maximum atomic E-state index is 11.8. The van der Waals surface area contributed by atoms with Gasteiger partial charge in [-0.15, -0.1) is 10.2 Å². The lowest BCUT2D eigenvalue weighted by Crippen LogP contribution is -2.15. The van der Waals surface area contributed by atoms with Crippen LogP contribution in [0.25, 0.3) is 0 Å². The van der Waals surface area contributed by atoms with Gasteiger partial charge in [0.1, 0.15) is 6.61 Å². The summed E-state index contributed by atoms with van der Waals surface area (Å²) in [5.41, 5.74) is 0. The molecule has 1 fully saturated rings. The number of nitrogens with one attached hydrogen (secondary N) is 1. The molecule has 1 aliphatic rings. The molecule has 96 valence electrons. The van der Waals surface area contributed by atoms with Crippen LogP contribution in [0.15, 0.2) is 4.42 Å². The molecule has 1 saturated carbocycles. The third kappa shape index (κ3) is 4.74. The number of aromatic nitrogens is 2. The van der Waals surface area contributed by atoms with Crippen LogP contribution in [0, 0.1) is 0 Å². The van der Waals surface area contributed by atoms with Crippen LogP contribution in [0.4, 0.5) is 8.78 Å². The molecule has 1 aromatic heterocycles. The Hall–Kier alpha value is -1.08. The Morgan fingerprint density at radius 3 is 2.82 bits per heavy atom. The minimum atomic E-state index is -2.43. The largest absolute Gasteiger partial charge is 0.424 e. The summed E-state index contributed by atoms with van der Waals surface area (Å²) in [5, 5.41) is 10.9. The number of ether oxygens (including phenoxy) is 1. The maximum absolute atomic E-state index is 11.8. The summed E-state index contributed by atoms with van der Waals surface area (Å²) in [7, 11) is 0. The minimum absolute atomic E-state index is 0.169. The Labute approximate surface area is 97.5 Å². The van der Waals surface area contributed by atoms with Crippen LogP contribution in [0.5, 0.6) is 0 Å². The van der Waals surface area contributed by atoms with Gasteiger partial charge in [0, 0.05) is 12.5 Å². The van der Waals surface area contributed by atoms with E-state index in [2.05, 4.69) is 15.5 Å². The van der Waals surface area contributed by atoms with E-state index in [1.165, 1.54) is 12.8 Å². The van der Waals surface area contributed by atoms with Crippen molar-refractivity contribution in [1.82, 2.24) is 15.5 Å². The smallest absolute Gasteiger partial charge is 0.261 e. The van der Waals surface area contributed by atoms with Crippen molar-refractivity contribution >= 4 is 0 Å². The summed E-state index contributed by atoms with van der Waals surface area (Å²) in [6.45, 7) is 0.182. The topological polar surface area (TPSA) is 60.2 Å². The number of alkyl halides is 2. The molecule has 17 heavy (non-hydrogen) atoms. The molecule has 0 spiro atoms. The van der Waals surface area contributed by atoms with Crippen LogP contribution in [-0.2, 0) is 17.7 Å². The Balaban J connectivity index is 1.62. The summed E-state index contributed by atoms with van der Waals surface area (Å²) in [6, 6.07) is 0.583. The first kappa shape index (κ1) is 12.4. The normalized spacial score (nSPS) is 15.7. The first-order valence-electron chi connectivity index (χ1n) is 5.64. The number of rotatable bonds is 8. The second kappa shape index (κ2) is 6.02. The Morgan fingerprint density at radius 1 is 1.35 bits per heavy atom. The Bertz CT molecular complexity index is 342. The molecule has 0 aromatic carbocycles. The van der Waals surface area contributed by atoms with Gasteiger partial charge in [-0.05, 0) is 12.8 Å². The van der Waals surface area contributed by atoms with Crippen molar-refractivity contribution in [2.75, 3.05) is 13.2 Å². The van der Waals surface area contributed by atoms with E-state index in [0.29, 0.717) is 30.8 Å². The molecule has 0 aliphatic heterocycles. The molecule has 0 atom stereocenters. The molecule has 7 heteroatoms. The zero-order valence-corrected chi connectivity index (χ0v) is 9.36. The standard InChI is InChI=1S/C10H15F2N3O2/c11-8(12)6-16-4-3-9-14-15-10(17-9)5-13-7-1-2-7/h7-8,13H,1-6H2. The highest BCUT2D eigenvalue weighted by molar-refractivity contribution is 4.86. The molecule has 0 unspecified atom stereocenters. The molecular formula is C10H15F2N3O2. The number of hydrogen-bond donors (Lipinski definition) is 1. The van der Waals surface area contributed by atoms with Gasteiger partial charge in [0.25, 0.3) is 6.43 Å². The van der Waals surface area contributed by atoms with Gasteiger partial charge in [-0.2, -0.15) is 0 Å². The number of nitrogens with zero attached hydrogens (tertiary/aromatic N) is 2. The average molecular weight is 247 g/mol. The molecule has 0 radical (unpaired) electrons. The van der Waals surface area contributed by atoms with Crippen molar-refractivity contribution < 1.29 is 17.9 Å². The average Bonchev–Trinajstić information content (AvgIpc) is 3.01. The van der Waals surface area contributed by atoms with E-state index in [0.717, 1.165) is 0 Å². The molecule has 0 bridgehead atoms. The van der Waals surface area contributed by atoms with Gasteiger partial charge in [-0.25, -0.2) is 8.78 Å². The highest BCUT2D eigenvalue weighted by Gasteiger charge is 2.21. The molecule has 5 nitrogen and oxygen atoms in total. The molecule has 0 saturated heterocycles. The first-order chi connectivity index (χ1) is 8.24. The Morgan fingerprint density at radius 2 is 2.12 bits per heavy atom. The molecule has 1 aliphatic carbocycles. The maximum Gasteiger partial charge on any atom is 0.261 e. The fourth-order valence-corrected chi connectivity index (χ4v) is 1.31. The summed E-state index contributed by atoms with van der Waals surface area (Å²) in [4.78, 5) is 0. The monoisotopic (exact) mass is 247 g/mol. The molecular weight excluding hydrogens is 232 g/mol. The summed E-state index contributed by atoms with van der Waals surface area (Å²) < 4.78 is 33.6. The van der Waals surface area contributed by atoms with Crippen molar-refractivity contribution in [1.29, 1.82) is 0 Å². The number of halogens is 2. The lowest BCUT2D eigenvalue weighted by molar-refractivity contribution is 0.0173. The van der Waals surface area contributed by atoms with Crippen LogP contribution < -0.4 is 5.32 Å². The van der Waals surface area contributed by atoms with E-state index < -0.39 is 13.0 Å². The Kier molecular flexibility index (Phi) is 4.38. The molecule has 1 N–H and O–H groups in total. The van der Waals surface area contributed by atoms with E-state index in [9.17, 15) is 8.78 Å². The van der Waals surface area contributed by atoms with Crippen molar-refractivity contribution in [3.8, 4) is 0 Å². The van der Waals surface area contributed by atoms with E-state index in [1.807, 2.05) is 0 Å². The van der Waals surface area contributed by atoms with Gasteiger partial charge in [-0.3, -0.25) is 0 Å². The van der Waals surface area contributed by atoms with Gasteiger partial charge in [0.15, 0.2) is 0 Å². The zero-order chi connectivity index (χ0) is 12.1. The van der Waals surface area contributed by atoms with Gasteiger partial charge < -0.3 is 14.5 Å². The summed E-state index contributed by atoms with van der Waals surface area (Å²) in [6.07, 6.45) is 0.324. The van der Waals surface area contributed by atoms with Gasteiger partial charge in [0.05, 0.1) is 13.2 Å². The third-order valence-electron chi connectivity index (χ3n) is 2.33. The van der Waals surface area contributed by atoms with Crippen molar-refractivity contribution in [2.24, 2.45) is 0 Å². The minimum Gasteiger partial charge on any atom is -0.424 e. The molecule has 1 aromatic rings. The van der Waals surface area contributed by atoms with E-state index in [4.69, 9.17) is 9.15 Å². The van der Waals surface area contributed by atoms with Crippen molar-refractivity contribution in [3.05, 3.63) is 11.8 Å². The zero-order valence-electron chi connectivity index (χ0n) is 9.36. The molecule has 1 heterocycles. The fourth-order valence-electron chi connectivity index (χ4n) is 1.31. The summed E-state index contributed by atoms with van der Waals surface area (Å²) >= 11 is 0. The molecule has 0 amide bonds.